The molecular formula is C9H13NO2P+. The molecule has 13 heavy (non-hydrogen) atoms. The smallest absolute Gasteiger partial charge is 0.267 e. The molecule has 0 aliphatic carbocycles. The minimum absolute atomic E-state index is 0.118. The van der Waals surface area contributed by atoms with Crippen molar-refractivity contribution in [3.63, 3.8) is 0 Å². The number of benzene rings is 1. The lowest BCUT2D eigenvalue weighted by Gasteiger charge is -2.09. The second-order valence-electron chi connectivity index (χ2n) is 2.85. The maximum Gasteiger partial charge on any atom is 0.521 e. The number of rotatable bonds is 4. The van der Waals surface area contributed by atoms with Crippen molar-refractivity contribution in [2.24, 2.45) is 0 Å². The highest BCUT2D eigenvalue weighted by Gasteiger charge is 2.12. The summed E-state index contributed by atoms with van der Waals surface area (Å²) < 4.78 is 10.4. The van der Waals surface area contributed by atoms with E-state index in [2.05, 4.69) is 5.32 Å². The molecule has 0 fully saturated rings. The highest BCUT2D eigenvalue weighted by Crippen LogP contribution is 2.15. The van der Waals surface area contributed by atoms with Crippen molar-refractivity contribution in [2.45, 2.75) is 13.0 Å². The summed E-state index contributed by atoms with van der Waals surface area (Å²) in [5.74, 6) is 0. The first kappa shape index (κ1) is 10.3. The monoisotopic (exact) mass is 198 g/mol. The summed E-state index contributed by atoms with van der Waals surface area (Å²) in [5.41, 5.74) is 1.12. The van der Waals surface area contributed by atoms with E-state index in [-0.39, 0.29) is 12.3 Å². The van der Waals surface area contributed by atoms with Crippen LogP contribution in [0.25, 0.3) is 0 Å². The Morgan fingerprint density at radius 3 is 2.62 bits per heavy atom. The van der Waals surface area contributed by atoms with Crippen LogP contribution in [0.15, 0.2) is 30.3 Å². The molecule has 1 aromatic carbocycles. The molecule has 0 saturated heterocycles. The molecule has 0 aliphatic heterocycles. The van der Waals surface area contributed by atoms with E-state index < -0.39 is 8.03 Å². The van der Waals surface area contributed by atoms with E-state index in [9.17, 15) is 4.57 Å². The molecule has 0 heterocycles. The van der Waals surface area contributed by atoms with Crippen LogP contribution in [0, 0.1) is 0 Å². The van der Waals surface area contributed by atoms with Gasteiger partial charge in [0.15, 0.2) is 0 Å². The Morgan fingerprint density at radius 2 is 2.08 bits per heavy atom. The van der Waals surface area contributed by atoms with Crippen LogP contribution >= 0.6 is 8.03 Å². The quantitative estimate of drug-likeness (QED) is 0.728. The van der Waals surface area contributed by atoms with E-state index in [4.69, 9.17) is 4.89 Å². The van der Waals surface area contributed by atoms with Crippen molar-refractivity contribution in [3.8, 4) is 0 Å². The molecule has 2 atom stereocenters. The summed E-state index contributed by atoms with van der Waals surface area (Å²) in [6.45, 7) is 1.97. The van der Waals surface area contributed by atoms with Gasteiger partial charge in [0.05, 0.1) is 0 Å². The lowest BCUT2D eigenvalue weighted by atomic mass is 10.1. The van der Waals surface area contributed by atoms with E-state index in [1.165, 1.54) is 0 Å². The Kier molecular flexibility index (Phi) is 4.03. The molecule has 0 amide bonds. The Labute approximate surface area is 78.7 Å². The topological polar surface area (TPSA) is 49.3 Å². The number of hydrogen-bond donors (Lipinski definition) is 2. The Hall–Kier alpha value is -0.760. The maximum atomic E-state index is 10.4. The van der Waals surface area contributed by atoms with E-state index in [0.29, 0.717) is 0 Å². The molecule has 3 nitrogen and oxygen atoms in total. The van der Waals surface area contributed by atoms with Gasteiger partial charge in [0, 0.05) is 6.04 Å². The molecule has 1 aromatic rings. The molecule has 0 bridgehead atoms. The molecule has 70 valence electrons. The highest BCUT2D eigenvalue weighted by molar-refractivity contribution is 7.37. The zero-order chi connectivity index (χ0) is 9.68. The van der Waals surface area contributed by atoms with Crippen LogP contribution in [-0.2, 0) is 4.57 Å². The first-order valence-corrected chi connectivity index (χ1v) is 5.52. The molecule has 1 unspecified atom stereocenters. The molecule has 0 saturated carbocycles. The third-order valence-corrected chi connectivity index (χ3v) is 2.29. The Bertz CT molecular complexity index is 276. The molecular weight excluding hydrogens is 185 g/mol. The fourth-order valence-electron chi connectivity index (χ4n) is 1.07. The van der Waals surface area contributed by atoms with Crippen LogP contribution in [0.5, 0.6) is 0 Å². The molecule has 0 spiro atoms. The zero-order valence-electron chi connectivity index (χ0n) is 7.47. The molecule has 2 N–H and O–H groups in total. The van der Waals surface area contributed by atoms with Crippen LogP contribution in [0.1, 0.15) is 18.5 Å². The van der Waals surface area contributed by atoms with Gasteiger partial charge in [-0.05, 0) is 17.1 Å². The number of hydrogen-bond acceptors (Lipinski definition) is 2. The molecule has 0 aliphatic rings. The maximum absolute atomic E-state index is 10.4. The van der Waals surface area contributed by atoms with Gasteiger partial charge in [-0.15, -0.1) is 0 Å². The summed E-state index contributed by atoms with van der Waals surface area (Å²) in [6, 6.07) is 9.94. The fraction of sp³-hybridized carbons (Fsp3) is 0.333. The minimum atomic E-state index is -2.08. The summed E-state index contributed by atoms with van der Waals surface area (Å²) in [6.07, 6.45) is 0.144. The number of nitrogens with one attached hydrogen (secondary N) is 1. The van der Waals surface area contributed by atoms with E-state index >= 15 is 0 Å². The van der Waals surface area contributed by atoms with Gasteiger partial charge < -0.3 is 0 Å². The van der Waals surface area contributed by atoms with Crippen LogP contribution < -0.4 is 5.32 Å². The molecule has 0 radical (unpaired) electrons. The Balaban J connectivity index is 2.49. The van der Waals surface area contributed by atoms with Crippen molar-refractivity contribution in [1.82, 2.24) is 5.32 Å². The van der Waals surface area contributed by atoms with Crippen molar-refractivity contribution in [1.29, 1.82) is 0 Å². The third-order valence-electron chi connectivity index (χ3n) is 1.83. The van der Waals surface area contributed by atoms with Crippen LogP contribution in [0.4, 0.5) is 0 Å². The van der Waals surface area contributed by atoms with Crippen LogP contribution in [0.3, 0.4) is 0 Å². The average molecular weight is 198 g/mol. The van der Waals surface area contributed by atoms with Gasteiger partial charge >= 0.3 is 8.03 Å². The summed E-state index contributed by atoms with van der Waals surface area (Å²) in [5, 5.41) is 2.96. The van der Waals surface area contributed by atoms with Crippen molar-refractivity contribution in [3.05, 3.63) is 35.9 Å². The SMILES string of the molecule is C[C@H](NC[P+](=O)O)c1ccccc1. The van der Waals surface area contributed by atoms with Gasteiger partial charge in [-0.2, -0.15) is 4.89 Å². The van der Waals surface area contributed by atoms with Gasteiger partial charge in [-0.25, -0.2) is 0 Å². The summed E-state index contributed by atoms with van der Waals surface area (Å²) in [4.78, 5) is 8.59. The minimum Gasteiger partial charge on any atom is -0.267 e. The van der Waals surface area contributed by atoms with Crippen molar-refractivity contribution >= 4 is 8.03 Å². The van der Waals surface area contributed by atoms with Gasteiger partial charge in [-0.1, -0.05) is 30.3 Å². The van der Waals surface area contributed by atoms with E-state index in [1.54, 1.807) is 0 Å². The predicted molar refractivity (Wildman–Crippen MR) is 52.7 cm³/mol. The normalized spacial score (nSPS) is 13.8. The Morgan fingerprint density at radius 1 is 1.46 bits per heavy atom. The van der Waals surface area contributed by atoms with Gasteiger partial charge in [0.1, 0.15) is 0 Å². The van der Waals surface area contributed by atoms with Crippen molar-refractivity contribution < 1.29 is 9.46 Å². The lowest BCUT2D eigenvalue weighted by Crippen LogP contribution is -2.17. The van der Waals surface area contributed by atoms with Gasteiger partial charge in [-0.3, -0.25) is 5.32 Å². The fourth-order valence-corrected chi connectivity index (χ4v) is 1.50. The average Bonchev–Trinajstić information content (AvgIpc) is 2.15. The highest BCUT2D eigenvalue weighted by atomic mass is 31.1. The molecule has 0 aromatic heterocycles. The van der Waals surface area contributed by atoms with Gasteiger partial charge in [0.2, 0.25) is 6.29 Å². The second kappa shape index (κ2) is 5.07. The standard InChI is InChI=1S/C9H12NO2P/c1-8(10-7-13(11)12)9-5-3-2-4-6-9/h2-6,8,10H,7H2,1H3/p+1/t8-/m0/s1. The van der Waals surface area contributed by atoms with E-state index in [0.717, 1.165) is 5.56 Å². The van der Waals surface area contributed by atoms with Gasteiger partial charge in [0.25, 0.3) is 0 Å². The van der Waals surface area contributed by atoms with Crippen LogP contribution in [0.2, 0.25) is 0 Å². The summed E-state index contributed by atoms with van der Waals surface area (Å²) >= 11 is 0. The van der Waals surface area contributed by atoms with Crippen LogP contribution in [-0.4, -0.2) is 11.2 Å². The summed E-state index contributed by atoms with van der Waals surface area (Å²) in [7, 11) is -2.08. The zero-order valence-corrected chi connectivity index (χ0v) is 8.37. The van der Waals surface area contributed by atoms with Crippen molar-refractivity contribution in [2.75, 3.05) is 6.29 Å². The van der Waals surface area contributed by atoms with E-state index in [1.807, 2.05) is 37.3 Å². The predicted octanol–water partition coefficient (Wildman–Crippen LogP) is 2.03. The first-order chi connectivity index (χ1) is 6.20. The largest absolute Gasteiger partial charge is 0.521 e. The molecule has 1 rings (SSSR count). The molecule has 4 heteroatoms. The third kappa shape index (κ3) is 3.64. The first-order valence-electron chi connectivity index (χ1n) is 4.12. The lowest BCUT2D eigenvalue weighted by molar-refractivity contribution is 0.490. The second-order valence-corrected chi connectivity index (χ2v) is 3.87.